The first-order valence-corrected chi connectivity index (χ1v) is 8.44. The van der Waals surface area contributed by atoms with E-state index in [-0.39, 0.29) is 12.1 Å². The summed E-state index contributed by atoms with van der Waals surface area (Å²) in [6.07, 6.45) is 1.22. The normalized spacial score (nSPS) is 22.7. The van der Waals surface area contributed by atoms with E-state index in [1.54, 1.807) is 0 Å². The van der Waals surface area contributed by atoms with Gasteiger partial charge in [0.05, 0.1) is 6.04 Å². The van der Waals surface area contributed by atoms with Gasteiger partial charge in [0.2, 0.25) is 0 Å². The van der Waals surface area contributed by atoms with Crippen LogP contribution in [0, 0.1) is 0 Å². The fourth-order valence-electron chi connectivity index (χ4n) is 3.59. The minimum atomic E-state index is 0.0698. The summed E-state index contributed by atoms with van der Waals surface area (Å²) in [6, 6.07) is 9.02. The van der Waals surface area contributed by atoms with Crippen LogP contribution in [0.15, 0.2) is 24.3 Å². The average Bonchev–Trinajstić information content (AvgIpc) is 2.92. The van der Waals surface area contributed by atoms with E-state index in [4.69, 9.17) is 17.3 Å². The molecule has 3 nitrogen and oxygen atoms in total. The molecule has 118 valence electrons. The third-order valence-electron chi connectivity index (χ3n) is 4.64. The maximum Gasteiger partial charge on any atom is 0.0511 e. The second kappa shape index (κ2) is 7.59. The molecule has 0 spiro atoms. The van der Waals surface area contributed by atoms with Crippen molar-refractivity contribution in [1.82, 2.24) is 9.80 Å². The molecule has 1 heterocycles. The summed E-state index contributed by atoms with van der Waals surface area (Å²) in [5.74, 6) is 0. The summed E-state index contributed by atoms with van der Waals surface area (Å²) in [5, 5.41) is 0.825. The summed E-state index contributed by atoms with van der Waals surface area (Å²) in [4.78, 5) is 5.06. The van der Waals surface area contributed by atoms with Crippen LogP contribution in [-0.4, -0.2) is 48.1 Å². The first-order valence-electron chi connectivity index (χ1n) is 8.06. The molecule has 0 radical (unpaired) electrons. The maximum absolute atomic E-state index is 6.40. The van der Waals surface area contributed by atoms with Crippen LogP contribution in [0.3, 0.4) is 0 Å². The van der Waals surface area contributed by atoms with Gasteiger partial charge in [0.25, 0.3) is 0 Å². The highest BCUT2D eigenvalue weighted by Crippen LogP contribution is 2.32. The maximum atomic E-state index is 6.40. The van der Waals surface area contributed by atoms with Crippen LogP contribution in [0.4, 0.5) is 0 Å². The number of halogens is 1. The summed E-state index contributed by atoms with van der Waals surface area (Å²) in [6.45, 7) is 11.0. The zero-order chi connectivity index (χ0) is 15.4. The molecule has 1 fully saturated rings. The van der Waals surface area contributed by atoms with Crippen LogP contribution in [0.2, 0.25) is 5.02 Å². The van der Waals surface area contributed by atoms with Gasteiger partial charge in [0.1, 0.15) is 0 Å². The number of nitrogens with zero attached hydrogens (tertiary/aromatic N) is 2. The number of likely N-dealkylation sites (N-methyl/N-ethyl adjacent to an activating group) is 1. The van der Waals surface area contributed by atoms with E-state index in [0.717, 1.165) is 36.8 Å². The van der Waals surface area contributed by atoms with Crippen LogP contribution in [0.1, 0.15) is 38.8 Å². The molecule has 4 heteroatoms. The standard InChI is InChI=1S/C17H28ClN3/c1-4-20(5-2)14-10-11-21(12-14)17(13(3)19)15-8-6-7-9-16(15)18/h6-9,13-14,17H,4-5,10-12,19H2,1-3H3. The Bertz CT molecular complexity index is 445. The third kappa shape index (κ3) is 3.78. The van der Waals surface area contributed by atoms with Crippen LogP contribution < -0.4 is 5.73 Å². The van der Waals surface area contributed by atoms with Crippen LogP contribution >= 0.6 is 11.6 Å². The van der Waals surface area contributed by atoms with Crippen LogP contribution in [0.25, 0.3) is 0 Å². The van der Waals surface area contributed by atoms with Gasteiger partial charge >= 0.3 is 0 Å². The van der Waals surface area contributed by atoms with Crippen molar-refractivity contribution >= 4 is 11.6 Å². The summed E-state index contributed by atoms with van der Waals surface area (Å²) in [5.41, 5.74) is 7.45. The second-order valence-electron chi connectivity index (χ2n) is 5.98. The predicted molar refractivity (Wildman–Crippen MR) is 90.7 cm³/mol. The molecular formula is C17H28ClN3. The van der Waals surface area contributed by atoms with Gasteiger partial charge < -0.3 is 5.73 Å². The lowest BCUT2D eigenvalue weighted by Crippen LogP contribution is -2.42. The van der Waals surface area contributed by atoms with E-state index in [1.807, 2.05) is 12.1 Å². The van der Waals surface area contributed by atoms with Crippen molar-refractivity contribution in [3.05, 3.63) is 34.9 Å². The van der Waals surface area contributed by atoms with Crippen molar-refractivity contribution in [3.8, 4) is 0 Å². The van der Waals surface area contributed by atoms with Crippen molar-refractivity contribution in [1.29, 1.82) is 0 Å². The lowest BCUT2D eigenvalue weighted by atomic mass is 9.99. The van der Waals surface area contributed by atoms with E-state index in [1.165, 1.54) is 6.42 Å². The zero-order valence-corrected chi connectivity index (χ0v) is 14.2. The highest BCUT2D eigenvalue weighted by atomic mass is 35.5. The molecule has 0 aliphatic carbocycles. The number of nitrogens with two attached hydrogens (primary N) is 1. The minimum Gasteiger partial charge on any atom is -0.326 e. The molecule has 1 aromatic carbocycles. The Morgan fingerprint density at radius 1 is 1.33 bits per heavy atom. The number of likely N-dealkylation sites (tertiary alicyclic amines) is 1. The highest BCUT2D eigenvalue weighted by molar-refractivity contribution is 6.31. The summed E-state index contributed by atoms with van der Waals surface area (Å²) >= 11 is 6.40. The number of hydrogen-bond donors (Lipinski definition) is 1. The van der Waals surface area contributed by atoms with Gasteiger partial charge in [-0.1, -0.05) is 43.6 Å². The Balaban J connectivity index is 2.16. The molecule has 0 bridgehead atoms. The van der Waals surface area contributed by atoms with Crippen molar-refractivity contribution in [3.63, 3.8) is 0 Å². The summed E-state index contributed by atoms with van der Waals surface area (Å²) < 4.78 is 0. The van der Waals surface area contributed by atoms with Gasteiger partial charge in [-0.25, -0.2) is 0 Å². The molecule has 2 rings (SSSR count). The quantitative estimate of drug-likeness (QED) is 0.876. The molecular weight excluding hydrogens is 282 g/mol. The van der Waals surface area contributed by atoms with E-state index >= 15 is 0 Å². The second-order valence-corrected chi connectivity index (χ2v) is 6.39. The molecule has 2 N–H and O–H groups in total. The Kier molecular flexibility index (Phi) is 6.06. The van der Waals surface area contributed by atoms with Crippen molar-refractivity contribution in [2.75, 3.05) is 26.2 Å². The van der Waals surface area contributed by atoms with E-state index < -0.39 is 0 Å². The lowest BCUT2D eigenvalue weighted by Gasteiger charge is -2.33. The Morgan fingerprint density at radius 3 is 2.57 bits per heavy atom. The lowest BCUT2D eigenvalue weighted by molar-refractivity contribution is 0.176. The fourth-order valence-corrected chi connectivity index (χ4v) is 3.83. The van der Waals surface area contributed by atoms with E-state index in [0.29, 0.717) is 6.04 Å². The smallest absolute Gasteiger partial charge is 0.0511 e. The van der Waals surface area contributed by atoms with Crippen molar-refractivity contribution in [2.45, 2.75) is 45.3 Å². The van der Waals surface area contributed by atoms with Gasteiger partial charge in [0.15, 0.2) is 0 Å². The zero-order valence-electron chi connectivity index (χ0n) is 13.4. The highest BCUT2D eigenvalue weighted by Gasteiger charge is 2.33. The molecule has 0 aromatic heterocycles. The molecule has 3 unspecified atom stereocenters. The largest absolute Gasteiger partial charge is 0.326 e. The molecule has 3 atom stereocenters. The summed E-state index contributed by atoms with van der Waals surface area (Å²) in [7, 11) is 0. The molecule has 0 saturated carbocycles. The first-order chi connectivity index (χ1) is 10.1. The number of rotatable bonds is 6. The van der Waals surface area contributed by atoms with Crippen LogP contribution in [-0.2, 0) is 0 Å². The minimum absolute atomic E-state index is 0.0698. The van der Waals surface area contributed by atoms with Crippen LogP contribution in [0.5, 0.6) is 0 Å². The molecule has 1 aliphatic rings. The van der Waals surface area contributed by atoms with E-state index in [9.17, 15) is 0 Å². The SMILES string of the molecule is CCN(CC)C1CCN(C(c2ccccc2Cl)C(C)N)C1. The van der Waals surface area contributed by atoms with Crippen molar-refractivity contribution in [2.24, 2.45) is 5.73 Å². The predicted octanol–water partition coefficient (Wildman–Crippen LogP) is 3.14. The number of benzene rings is 1. The first kappa shape index (κ1) is 16.8. The molecule has 1 saturated heterocycles. The third-order valence-corrected chi connectivity index (χ3v) is 4.98. The van der Waals surface area contributed by atoms with Gasteiger partial charge in [-0.05, 0) is 38.1 Å². The fraction of sp³-hybridized carbons (Fsp3) is 0.647. The molecule has 1 aliphatic heterocycles. The molecule has 21 heavy (non-hydrogen) atoms. The average molecular weight is 310 g/mol. The number of hydrogen-bond acceptors (Lipinski definition) is 3. The van der Waals surface area contributed by atoms with Gasteiger partial charge in [-0.3, -0.25) is 9.80 Å². The van der Waals surface area contributed by atoms with Crippen molar-refractivity contribution < 1.29 is 0 Å². The van der Waals surface area contributed by atoms with E-state index in [2.05, 4.69) is 42.7 Å². The van der Waals surface area contributed by atoms with Gasteiger partial charge in [-0.15, -0.1) is 0 Å². The Hall–Kier alpha value is -0.610. The van der Waals surface area contributed by atoms with Gasteiger partial charge in [0, 0.05) is 30.2 Å². The molecule has 1 aromatic rings. The Morgan fingerprint density at radius 2 is 2.00 bits per heavy atom. The topological polar surface area (TPSA) is 32.5 Å². The van der Waals surface area contributed by atoms with Gasteiger partial charge in [-0.2, -0.15) is 0 Å². The molecule has 0 amide bonds. The monoisotopic (exact) mass is 309 g/mol. The Labute approximate surface area is 134 Å².